The Balaban J connectivity index is 1.18. The van der Waals surface area contributed by atoms with E-state index in [0.717, 1.165) is 17.7 Å². The first-order valence-electron chi connectivity index (χ1n) is 13.4. The molecule has 218 valence electrons. The van der Waals surface area contributed by atoms with E-state index >= 15 is 0 Å². The summed E-state index contributed by atoms with van der Waals surface area (Å²) < 4.78 is 37.6. The molecular weight excluding hydrogens is 562 g/mol. The molecule has 8 nitrogen and oxygen atoms in total. The first-order valence-corrected chi connectivity index (χ1v) is 14.2. The van der Waals surface area contributed by atoms with Gasteiger partial charge in [-0.15, -0.1) is 11.3 Å². The lowest BCUT2D eigenvalue weighted by molar-refractivity contribution is 0.0750. The van der Waals surface area contributed by atoms with Crippen LogP contribution in [0, 0.1) is 11.6 Å². The first kappa shape index (κ1) is 29.0. The van der Waals surface area contributed by atoms with Gasteiger partial charge < -0.3 is 24.6 Å². The lowest BCUT2D eigenvalue weighted by Gasteiger charge is -2.35. The molecule has 3 heterocycles. The minimum Gasteiger partial charge on any atom is -0.493 e. The zero-order chi connectivity index (χ0) is 29.6. The van der Waals surface area contributed by atoms with Crippen LogP contribution in [0.4, 0.5) is 14.6 Å². The van der Waals surface area contributed by atoms with Crippen molar-refractivity contribution in [2.75, 3.05) is 51.8 Å². The van der Waals surface area contributed by atoms with E-state index in [1.54, 1.807) is 49.6 Å². The van der Waals surface area contributed by atoms with E-state index in [9.17, 15) is 18.4 Å². The number of carbonyl (C=O) groups is 2. The van der Waals surface area contributed by atoms with Crippen LogP contribution < -0.4 is 19.7 Å². The maximum atomic E-state index is 13.7. The van der Waals surface area contributed by atoms with Crippen LogP contribution in [0.5, 0.6) is 11.5 Å². The Morgan fingerprint density at radius 1 is 0.929 bits per heavy atom. The van der Waals surface area contributed by atoms with Crippen LogP contribution in [0.25, 0.3) is 10.4 Å². The molecule has 5 rings (SSSR count). The van der Waals surface area contributed by atoms with Gasteiger partial charge in [0.15, 0.2) is 23.1 Å². The van der Waals surface area contributed by atoms with Crippen molar-refractivity contribution in [3.05, 3.63) is 94.5 Å². The van der Waals surface area contributed by atoms with E-state index in [1.165, 1.54) is 17.4 Å². The number of piperazine rings is 1. The van der Waals surface area contributed by atoms with Crippen molar-refractivity contribution in [3.63, 3.8) is 0 Å². The number of pyridine rings is 1. The summed E-state index contributed by atoms with van der Waals surface area (Å²) in [5.74, 6) is -0.323. The molecule has 0 spiro atoms. The number of hydrogen-bond donors (Lipinski definition) is 1. The van der Waals surface area contributed by atoms with Crippen LogP contribution in [-0.2, 0) is 6.42 Å². The minimum atomic E-state index is -0.926. The normalized spacial score (nSPS) is 13.1. The van der Waals surface area contributed by atoms with Gasteiger partial charge in [0.1, 0.15) is 5.82 Å². The van der Waals surface area contributed by atoms with Gasteiger partial charge in [-0.1, -0.05) is 12.1 Å². The number of thiophene rings is 1. The summed E-state index contributed by atoms with van der Waals surface area (Å²) >= 11 is 1.24. The van der Waals surface area contributed by atoms with E-state index in [-0.39, 0.29) is 11.8 Å². The summed E-state index contributed by atoms with van der Waals surface area (Å²) in [6.45, 7) is 2.35. The molecule has 4 aromatic rings. The highest BCUT2D eigenvalue weighted by molar-refractivity contribution is 7.17. The molecule has 0 atom stereocenters. The van der Waals surface area contributed by atoms with Crippen LogP contribution in [0.3, 0.4) is 0 Å². The lowest BCUT2D eigenvalue weighted by Crippen LogP contribution is -2.49. The van der Waals surface area contributed by atoms with Gasteiger partial charge in [0.2, 0.25) is 0 Å². The van der Waals surface area contributed by atoms with Crippen LogP contribution in [0.15, 0.2) is 66.9 Å². The fourth-order valence-corrected chi connectivity index (χ4v) is 5.78. The van der Waals surface area contributed by atoms with Gasteiger partial charge in [-0.05, 0) is 66.1 Å². The monoisotopic (exact) mass is 592 g/mol. The van der Waals surface area contributed by atoms with E-state index in [0.29, 0.717) is 77.3 Å². The molecule has 1 saturated heterocycles. The second-order valence-corrected chi connectivity index (χ2v) is 10.7. The fourth-order valence-electron chi connectivity index (χ4n) is 4.81. The van der Waals surface area contributed by atoms with Crippen molar-refractivity contribution < 1.29 is 27.8 Å². The van der Waals surface area contributed by atoms with Gasteiger partial charge in [-0.25, -0.2) is 13.8 Å². The van der Waals surface area contributed by atoms with Crippen LogP contribution in [0.2, 0.25) is 0 Å². The number of halogens is 2. The largest absolute Gasteiger partial charge is 0.493 e. The molecule has 0 unspecified atom stereocenters. The van der Waals surface area contributed by atoms with Gasteiger partial charge in [-0.2, -0.15) is 0 Å². The number of nitrogens with zero attached hydrogens (tertiary/aromatic N) is 3. The Kier molecular flexibility index (Phi) is 8.97. The first-order chi connectivity index (χ1) is 20.4. The predicted octanol–water partition coefficient (Wildman–Crippen LogP) is 5.04. The van der Waals surface area contributed by atoms with Crippen molar-refractivity contribution in [1.82, 2.24) is 15.2 Å². The van der Waals surface area contributed by atoms with E-state index in [1.807, 2.05) is 23.1 Å². The molecule has 0 saturated carbocycles. The van der Waals surface area contributed by atoms with Gasteiger partial charge in [-0.3, -0.25) is 9.59 Å². The number of amides is 2. The van der Waals surface area contributed by atoms with Crippen molar-refractivity contribution in [3.8, 4) is 21.9 Å². The second-order valence-electron chi connectivity index (χ2n) is 9.64. The third kappa shape index (κ3) is 6.36. The summed E-state index contributed by atoms with van der Waals surface area (Å²) in [5, 5.41) is 2.98. The van der Waals surface area contributed by atoms with Crippen LogP contribution in [0.1, 0.15) is 25.6 Å². The Bertz CT molecular complexity index is 1590. The molecule has 1 aliphatic heterocycles. The van der Waals surface area contributed by atoms with Crippen molar-refractivity contribution in [2.24, 2.45) is 0 Å². The molecule has 0 aliphatic carbocycles. The molecule has 1 fully saturated rings. The SMILES string of the molecule is COc1ccc(CCNC(=O)c2cccnc2N2CCN(C(=O)c3ccc(-c4ccc(F)c(F)c4)s3)CC2)cc1OC. The van der Waals surface area contributed by atoms with Crippen LogP contribution in [-0.4, -0.2) is 68.6 Å². The topological polar surface area (TPSA) is 84.0 Å². The number of aromatic nitrogens is 1. The molecular formula is C31H30F2N4O4S. The zero-order valence-corrected chi connectivity index (χ0v) is 24.0. The van der Waals surface area contributed by atoms with Crippen molar-refractivity contribution in [1.29, 1.82) is 0 Å². The number of hydrogen-bond acceptors (Lipinski definition) is 7. The number of carbonyl (C=O) groups excluding carboxylic acids is 2. The summed E-state index contributed by atoms with van der Waals surface area (Å²) in [4.78, 5) is 35.7. The standard InChI is InChI=1S/C31H30F2N4O4S/c1-40-25-8-5-20(18-26(25)41-2)11-13-35-30(38)22-4-3-12-34-29(22)36-14-16-37(17-15-36)31(39)28-10-9-27(42-28)21-6-7-23(32)24(33)19-21/h3-10,12,18-19H,11,13-17H2,1-2H3,(H,35,38). The highest BCUT2D eigenvalue weighted by atomic mass is 32.1. The van der Waals surface area contributed by atoms with Crippen molar-refractivity contribution >= 4 is 29.0 Å². The van der Waals surface area contributed by atoms with Crippen LogP contribution >= 0.6 is 11.3 Å². The number of rotatable bonds is 9. The average molecular weight is 593 g/mol. The molecule has 2 amide bonds. The molecule has 0 radical (unpaired) electrons. The smallest absolute Gasteiger partial charge is 0.264 e. The average Bonchev–Trinajstić information content (AvgIpc) is 3.52. The van der Waals surface area contributed by atoms with E-state index in [4.69, 9.17) is 9.47 Å². The number of anilines is 1. The molecule has 42 heavy (non-hydrogen) atoms. The van der Waals surface area contributed by atoms with E-state index < -0.39 is 11.6 Å². The molecule has 1 aliphatic rings. The predicted molar refractivity (Wildman–Crippen MR) is 158 cm³/mol. The Labute approximate surface area is 246 Å². The Hall–Kier alpha value is -4.51. The maximum absolute atomic E-state index is 13.7. The van der Waals surface area contributed by atoms with Gasteiger partial charge in [0, 0.05) is 43.8 Å². The lowest BCUT2D eigenvalue weighted by atomic mass is 10.1. The number of nitrogens with one attached hydrogen (secondary N) is 1. The quantitative estimate of drug-likeness (QED) is 0.293. The second kappa shape index (κ2) is 13.0. The minimum absolute atomic E-state index is 0.123. The van der Waals surface area contributed by atoms with Gasteiger partial charge in [0.05, 0.1) is 24.7 Å². The van der Waals surface area contributed by atoms with Gasteiger partial charge >= 0.3 is 0 Å². The van der Waals surface area contributed by atoms with Crippen molar-refractivity contribution in [2.45, 2.75) is 6.42 Å². The fraction of sp³-hybridized carbons (Fsp3) is 0.258. The number of benzene rings is 2. The summed E-state index contributed by atoms with van der Waals surface area (Å²) in [6.07, 6.45) is 2.27. The number of ether oxygens (including phenoxy) is 2. The third-order valence-corrected chi connectivity index (χ3v) is 8.19. The Morgan fingerprint density at radius 2 is 1.71 bits per heavy atom. The summed E-state index contributed by atoms with van der Waals surface area (Å²) in [5.41, 5.74) is 1.99. The zero-order valence-electron chi connectivity index (χ0n) is 23.2. The maximum Gasteiger partial charge on any atom is 0.264 e. The van der Waals surface area contributed by atoms with Gasteiger partial charge in [0.25, 0.3) is 11.8 Å². The highest BCUT2D eigenvalue weighted by Gasteiger charge is 2.26. The molecule has 2 aromatic heterocycles. The summed E-state index contributed by atoms with van der Waals surface area (Å²) in [6, 6.07) is 16.3. The molecule has 1 N–H and O–H groups in total. The molecule has 2 aromatic carbocycles. The molecule has 11 heteroatoms. The summed E-state index contributed by atoms with van der Waals surface area (Å²) in [7, 11) is 3.17. The third-order valence-electron chi connectivity index (χ3n) is 7.07. The highest BCUT2D eigenvalue weighted by Crippen LogP contribution is 2.31. The van der Waals surface area contributed by atoms with E-state index in [2.05, 4.69) is 10.3 Å². The Morgan fingerprint density at radius 3 is 2.45 bits per heavy atom. The number of methoxy groups -OCH3 is 2. The molecule has 0 bridgehead atoms.